The Kier molecular flexibility index (Phi) is 5.64. The predicted molar refractivity (Wildman–Crippen MR) is 70.1 cm³/mol. The number of carbonyl (C=O) groups is 2. The van der Waals surface area contributed by atoms with Crippen LogP contribution >= 0.6 is 0 Å². The fourth-order valence-corrected chi connectivity index (χ4v) is 1.36. The molecule has 0 unspecified atom stereocenters. The number of carbonyl (C=O) groups excluding carboxylic acids is 2. The molecule has 0 aliphatic heterocycles. The van der Waals surface area contributed by atoms with Crippen molar-refractivity contribution < 1.29 is 14.3 Å². The highest BCUT2D eigenvalue weighted by Gasteiger charge is 2.02. The topological polar surface area (TPSA) is 55.4 Å². The van der Waals surface area contributed by atoms with Gasteiger partial charge in [0.15, 0.2) is 0 Å². The van der Waals surface area contributed by atoms with Gasteiger partial charge in [-0.05, 0) is 37.6 Å². The van der Waals surface area contributed by atoms with Gasteiger partial charge in [0.2, 0.25) is 0 Å². The number of esters is 1. The molecule has 1 aromatic rings. The minimum atomic E-state index is -0.370. The maximum absolute atomic E-state index is 11.5. The molecule has 4 heteroatoms. The summed E-state index contributed by atoms with van der Waals surface area (Å²) in [6.07, 6.45) is 3.02. The zero-order chi connectivity index (χ0) is 13.4. The third-order valence-electron chi connectivity index (χ3n) is 2.21. The van der Waals surface area contributed by atoms with Crippen molar-refractivity contribution in [3.8, 4) is 0 Å². The van der Waals surface area contributed by atoms with E-state index in [2.05, 4.69) is 5.32 Å². The molecule has 1 aromatic carbocycles. The first-order chi connectivity index (χ1) is 8.67. The summed E-state index contributed by atoms with van der Waals surface area (Å²) in [4.78, 5) is 22.6. The Hall–Kier alpha value is -2.10. The summed E-state index contributed by atoms with van der Waals surface area (Å²) in [5, 5.41) is 2.72. The van der Waals surface area contributed by atoms with Crippen LogP contribution in [-0.4, -0.2) is 25.0 Å². The zero-order valence-corrected chi connectivity index (χ0v) is 10.6. The van der Waals surface area contributed by atoms with E-state index in [0.717, 1.165) is 5.56 Å². The minimum absolute atomic E-state index is 0.0987. The molecular formula is C14H17NO3. The molecule has 0 aliphatic rings. The average Bonchev–Trinajstić information content (AvgIpc) is 2.37. The molecule has 0 radical (unpaired) electrons. The summed E-state index contributed by atoms with van der Waals surface area (Å²) in [6, 6.07) is 6.99. The SMILES string of the molecule is CCNC(=O)c1ccc(/C=C/C(=O)OCC)cc1. The van der Waals surface area contributed by atoms with E-state index in [4.69, 9.17) is 4.74 Å². The van der Waals surface area contributed by atoms with Crippen LogP contribution in [0.3, 0.4) is 0 Å². The Morgan fingerprint density at radius 2 is 1.89 bits per heavy atom. The van der Waals surface area contributed by atoms with Crippen LogP contribution in [0.2, 0.25) is 0 Å². The maximum atomic E-state index is 11.5. The second kappa shape index (κ2) is 7.27. The van der Waals surface area contributed by atoms with Crippen LogP contribution in [0.5, 0.6) is 0 Å². The standard InChI is InChI=1S/C14H17NO3/c1-3-15-14(17)12-8-5-11(6-9-12)7-10-13(16)18-4-2/h5-10H,3-4H2,1-2H3,(H,15,17)/b10-7+. The van der Waals surface area contributed by atoms with Crippen LogP contribution < -0.4 is 5.32 Å². The van der Waals surface area contributed by atoms with E-state index in [9.17, 15) is 9.59 Å². The molecule has 1 rings (SSSR count). The van der Waals surface area contributed by atoms with Crippen LogP contribution in [0.15, 0.2) is 30.3 Å². The largest absolute Gasteiger partial charge is 0.463 e. The van der Waals surface area contributed by atoms with Gasteiger partial charge in [0.05, 0.1) is 6.61 Å². The van der Waals surface area contributed by atoms with Gasteiger partial charge in [-0.15, -0.1) is 0 Å². The lowest BCUT2D eigenvalue weighted by Crippen LogP contribution is -2.22. The van der Waals surface area contributed by atoms with E-state index in [1.807, 2.05) is 6.92 Å². The van der Waals surface area contributed by atoms with E-state index >= 15 is 0 Å². The number of rotatable bonds is 5. The molecule has 96 valence electrons. The number of hydrogen-bond acceptors (Lipinski definition) is 3. The Bertz CT molecular complexity index is 435. The molecule has 1 amide bonds. The van der Waals surface area contributed by atoms with Gasteiger partial charge in [0.1, 0.15) is 0 Å². The molecule has 0 aliphatic carbocycles. The second-order valence-electron chi connectivity index (χ2n) is 3.57. The third-order valence-corrected chi connectivity index (χ3v) is 2.21. The van der Waals surface area contributed by atoms with Crippen LogP contribution in [0.25, 0.3) is 6.08 Å². The van der Waals surface area contributed by atoms with Crippen molar-refractivity contribution in [3.63, 3.8) is 0 Å². The Morgan fingerprint density at radius 1 is 1.22 bits per heavy atom. The molecule has 4 nitrogen and oxygen atoms in total. The van der Waals surface area contributed by atoms with Gasteiger partial charge in [-0.1, -0.05) is 12.1 Å². The summed E-state index contributed by atoms with van der Waals surface area (Å²) in [5.41, 5.74) is 1.45. The molecule has 0 atom stereocenters. The van der Waals surface area contributed by atoms with Crippen LogP contribution in [0.4, 0.5) is 0 Å². The van der Waals surface area contributed by atoms with E-state index in [1.54, 1.807) is 37.3 Å². The highest BCUT2D eigenvalue weighted by atomic mass is 16.5. The van der Waals surface area contributed by atoms with Crippen molar-refractivity contribution in [1.82, 2.24) is 5.32 Å². The quantitative estimate of drug-likeness (QED) is 0.639. The maximum Gasteiger partial charge on any atom is 0.330 e. The Balaban J connectivity index is 2.65. The van der Waals surface area contributed by atoms with Crippen LogP contribution in [-0.2, 0) is 9.53 Å². The molecule has 0 fully saturated rings. The number of ether oxygens (including phenoxy) is 1. The molecule has 0 spiro atoms. The predicted octanol–water partition coefficient (Wildman–Crippen LogP) is 2.01. The van der Waals surface area contributed by atoms with E-state index in [-0.39, 0.29) is 11.9 Å². The lowest BCUT2D eigenvalue weighted by molar-refractivity contribution is -0.137. The Labute approximate surface area is 107 Å². The summed E-state index contributed by atoms with van der Waals surface area (Å²) in [5.74, 6) is -0.469. The van der Waals surface area contributed by atoms with Gasteiger partial charge in [-0.2, -0.15) is 0 Å². The van der Waals surface area contributed by atoms with Crippen molar-refractivity contribution >= 4 is 18.0 Å². The summed E-state index contributed by atoms with van der Waals surface area (Å²) >= 11 is 0. The number of amides is 1. The minimum Gasteiger partial charge on any atom is -0.463 e. The molecule has 18 heavy (non-hydrogen) atoms. The fourth-order valence-electron chi connectivity index (χ4n) is 1.36. The first-order valence-electron chi connectivity index (χ1n) is 5.90. The van der Waals surface area contributed by atoms with E-state index in [0.29, 0.717) is 18.7 Å². The van der Waals surface area contributed by atoms with Gasteiger partial charge < -0.3 is 10.1 Å². The van der Waals surface area contributed by atoms with Crippen LogP contribution in [0, 0.1) is 0 Å². The van der Waals surface area contributed by atoms with Crippen molar-refractivity contribution in [2.24, 2.45) is 0 Å². The van der Waals surface area contributed by atoms with E-state index in [1.165, 1.54) is 6.08 Å². The Morgan fingerprint density at radius 3 is 2.44 bits per heavy atom. The summed E-state index contributed by atoms with van der Waals surface area (Å²) < 4.78 is 4.77. The molecule has 0 aromatic heterocycles. The zero-order valence-electron chi connectivity index (χ0n) is 10.6. The smallest absolute Gasteiger partial charge is 0.330 e. The first kappa shape index (κ1) is 14.0. The highest BCUT2D eigenvalue weighted by molar-refractivity contribution is 5.94. The molecule has 0 saturated carbocycles. The average molecular weight is 247 g/mol. The monoisotopic (exact) mass is 247 g/mol. The lowest BCUT2D eigenvalue weighted by Gasteiger charge is -2.02. The number of nitrogens with one attached hydrogen (secondary N) is 1. The molecule has 1 N–H and O–H groups in total. The number of hydrogen-bond donors (Lipinski definition) is 1. The van der Waals surface area contributed by atoms with Gasteiger partial charge in [-0.3, -0.25) is 4.79 Å². The highest BCUT2D eigenvalue weighted by Crippen LogP contribution is 2.06. The normalized spacial score (nSPS) is 10.3. The lowest BCUT2D eigenvalue weighted by atomic mass is 10.1. The third kappa shape index (κ3) is 4.41. The number of benzene rings is 1. The van der Waals surface area contributed by atoms with Crippen molar-refractivity contribution in [2.75, 3.05) is 13.2 Å². The van der Waals surface area contributed by atoms with Crippen molar-refractivity contribution in [3.05, 3.63) is 41.5 Å². The van der Waals surface area contributed by atoms with Crippen molar-refractivity contribution in [1.29, 1.82) is 0 Å². The van der Waals surface area contributed by atoms with Gasteiger partial charge in [0.25, 0.3) is 5.91 Å². The molecule has 0 saturated heterocycles. The van der Waals surface area contributed by atoms with Crippen molar-refractivity contribution in [2.45, 2.75) is 13.8 Å². The fraction of sp³-hybridized carbons (Fsp3) is 0.286. The summed E-state index contributed by atoms with van der Waals surface area (Å²) in [6.45, 7) is 4.59. The molecule has 0 bridgehead atoms. The van der Waals surface area contributed by atoms with Gasteiger partial charge in [-0.25, -0.2) is 4.79 Å². The summed E-state index contributed by atoms with van der Waals surface area (Å²) in [7, 11) is 0. The first-order valence-corrected chi connectivity index (χ1v) is 5.90. The van der Waals surface area contributed by atoms with E-state index < -0.39 is 0 Å². The van der Waals surface area contributed by atoms with Gasteiger partial charge >= 0.3 is 5.97 Å². The van der Waals surface area contributed by atoms with Crippen LogP contribution in [0.1, 0.15) is 29.8 Å². The molecular weight excluding hydrogens is 230 g/mol. The van der Waals surface area contributed by atoms with Gasteiger partial charge in [0, 0.05) is 18.2 Å². The second-order valence-corrected chi connectivity index (χ2v) is 3.57. The molecule has 0 heterocycles.